The zero-order chi connectivity index (χ0) is 33.3. The summed E-state index contributed by atoms with van der Waals surface area (Å²) in [7, 11) is 0. The minimum Gasteiger partial charge on any atom is -0.256 e. The van der Waals surface area contributed by atoms with Gasteiger partial charge in [0.15, 0.2) is 5.69 Å². The van der Waals surface area contributed by atoms with E-state index < -0.39 is 0 Å². The van der Waals surface area contributed by atoms with Gasteiger partial charge >= 0.3 is 0 Å². The van der Waals surface area contributed by atoms with E-state index in [1.54, 1.807) is 0 Å². The predicted molar refractivity (Wildman–Crippen MR) is 206 cm³/mol. The third-order valence-electron chi connectivity index (χ3n) is 10.3. The number of benzene rings is 8. The van der Waals surface area contributed by atoms with Gasteiger partial charge in [-0.1, -0.05) is 103 Å². The molecule has 8 aromatic carbocycles. The fourth-order valence-electron chi connectivity index (χ4n) is 8.15. The summed E-state index contributed by atoms with van der Waals surface area (Å²) in [5.74, 6) is 0. The molecule has 0 fully saturated rings. The Balaban J connectivity index is 1.37. The molecule has 10 rings (SSSR count). The van der Waals surface area contributed by atoms with Gasteiger partial charge in [-0.05, 0) is 124 Å². The minimum atomic E-state index is 0.628. The third kappa shape index (κ3) is 3.93. The summed E-state index contributed by atoms with van der Waals surface area (Å²) in [5, 5.41) is 19.2. The van der Waals surface area contributed by atoms with Crippen LogP contribution in [0.4, 0.5) is 5.69 Å². The van der Waals surface area contributed by atoms with Gasteiger partial charge < -0.3 is 0 Å². The number of hydrogen-bond donors (Lipinski definition) is 0. The lowest BCUT2D eigenvalue weighted by Crippen LogP contribution is -1.91. The van der Waals surface area contributed by atoms with Crippen LogP contribution in [-0.4, -0.2) is 4.98 Å². The standard InChI is InChI=1S/C47H25N3/c1-49-45-18-7-6-15-32(45)39-24-38-31-14-5-4-13-30(31)37(29-12-3-2-11-28(29)27-48)23-42(38)44-26-41-36-21-20-33(46-19-8-9-22-50-46)34-16-10-17-35(47(34)36)40(41)25-43(39)44/h2-26H. The first kappa shape index (κ1) is 28.0. The average Bonchev–Trinajstić information content (AvgIpc) is 3.50. The van der Waals surface area contributed by atoms with E-state index in [1.807, 2.05) is 60.8 Å². The van der Waals surface area contributed by atoms with Gasteiger partial charge in [0.05, 0.1) is 23.9 Å². The lowest BCUT2D eigenvalue weighted by Gasteiger charge is -2.18. The maximum absolute atomic E-state index is 10.1. The van der Waals surface area contributed by atoms with Crippen molar-refractivity contribution in [1.29, 1.82) is 5.26 Å². The van der Waals surface area contributed by atoms with Crippen molar-refractivity contribution in [3.63, 3.8) is 0 Å². The van der Waals surface area contributed by atoms with Crippen molar-refractivity contribution in [1.82, 2.24) is 4.98 Å². The van der Waals surface area contributed by atoms with E-state index in [9.17, 15) is 5.26 Å². The molecule has 228 valence electrons. The van der Waals surface area contributed by atoms with Crippen molar-refractivity contribution in [3.05, 3.63) is 169 Å². The molecule has 1 aromatic heterocycles. The number of nitriles is 1. The molecule has 3 nitrogen and oxygen atoms in total. The maximum Gasteiger partial charge on any atom is 0.194 e. The number of para-hydroxylation sites is 1. The molecular weight excluding hydrogens is 607 g/mol. The van der Waals surface area contributed by atoms with Gasteiger partial charge in [0, 0.05) is 17.3 Å². The lowest BCUT2D eigenvalue weighted by atomic mass is 9.85. The fourth-order valence-corrected chi connectivity index (χ4v) is 8.15. The molecule has 1 aliphatic rings. The van der Waals surface area contributed by atoms with Crippen molar-refractivity contribution in [2.75, 3.05) is 0 Å². The highest BCUT2D eigenvalue weighted by molar-refractivity contribution is 6.27. The van der Waals surface area contributed by atoms with Crippen LogP contribution >= 0.6 is 0 Å². The zero-order valence-corrected chi connectivity index (χ0v) is 26.8. The molecule has 0 N–H and O–H groups in total. The van der Waals surface area contributed by atoms with Crippen molar-refractivity contribution in [2.45, 2.75) is 0 Å². The van der Waals surface area contributed by atoms with Gasteiger partial charge in [-0.3, -0.25) is 4.98 Å². The number of aromatic nitrogens is 1. The Morgan fingerprint density at radius 2 is 1.02 bits per heavy atom. The summed E-state index contributed by atoms with van der Waals surface area (Å²) in [5.41, 5.74) is 12.1. The molecule has 0 saturated carbocycles. The van der Waals surface area contributed by atoms with Crippen LogP contribution in [0.15, 0.2) is 152 Å². The molecule has 0 saturated heterocycles. The van der Waals surface area contributed by atoms with Crippen LogP contribution in [0.3, 0.4) is 0 Å². The minimum absolute atomic E-state index is 0.628. The smallest absolute Gasteiger partial charge is 0.194 e. The maximum atomic E-state index is 10.1. The van der Waals surface area contributed by atoms with Crippen LogP contribution < -0.4 is 0 Å². The number of hydrogen-bond acceptors (Lipinski definition) is 2. The second kappa shape index (κ2) is 10.7. The first-order valence-corrected chi connectivity index (χ1v) is 16.6. The Labute approximate surface area is 288 Å². The molecule has 0 aliphatic heterocycles. The summed E-state index contributed by atoms with van der Waals surface area (Å²) in [6.45, 7) is 8.07. The summed E-state index contributed by atoms with van der Waals surface area (Å²) >= 11 is 0. The van der Waals surface area contributed by atoms with Gasteiger partial charge in [-0.25, -0.2) is 4.85 Å². The van der Waals surface area contributed by atoms with Gasteiger partial charge in [0.25, 0.3) is 0 Å². The van der Waals surface area contributed by atoms with E-state index in [4.69, 9.17) is 11.6 Å². The van der Waals surface area contributed by atoms with E-state index in [0.29, 0.717) is 11.3 Å². The average molecular weight is 632 g/mol. The SMILES string of the molecule is [C-]#[N+]c1ccccc1-c1cc2c3ccccc3c(-c3ccccc3C#N)cc2c2cc3c(cc12)-c1cccc2c(-c4ccccn4)ccc-3c12. The number of fused-ring (bicyclic) bond motifs is 8. The fraction of sp³-hybridized carbons (Fsp3) is 0. The monoisotopic (exact) mass is 631 g/mol. The molecule has 0 atom stereocenters. The van der Waals surface area contributed by atoms with Crippen LogP contribution in [0, 0.1) is 17.9 Å². The third-order valence-corrected chi connectivity index (χ3v) is 10.3. The summed E-state index contributed by atoms with van der Waals surface area (Å²) in [4.78, 5) is 8.65. The van der Waals surface area contributed by atoms with Crippen LogP contribution in [0.2, 0.25) is 0 Å². The van der Waals surface area contributed by atoms with Crippen molar-refractivity contribution in [3.8, 4) is 61.8 Å². The molecule has 0 spiro atoms. The van der Waals surface area contributed by atoms with E-state index in [2.05, 4.69) is 102 Å². The Bertz CT molecular complexity index is 3000. The molecule has 0 amide bonds. The molecule has 0 radical (unpaired) electrons. The van der Waals surface area contributed by atoms with E-state index in [1.165, 1.54) is 33.0 Å². The van der Waals surface area contributed by atoms with Gasteiger partial charge in [0.2, 0.25) is 0 Å². The summed E-state index contributed by atoms with van der Waals surface area (Å²) in [6, 6.07) is 53.0. The van der Waals surface area contributed by atoms with E-state index in [-0.39, 0.29) is 0 Å². The summed E-state index contributed by atoms with van der Waals surface area (Å²) < 4.78 is 0. The van der Waals surface area contributed by atoms with E-state index >= 15 is 0 Å². The molecule has 9 aromatic rings. The highest BCUT2D eigenvalue weighted by atomic mass is 14.7. The Hall–Kier alpha value is -7.07. The number of nitrogens with zero attached hydrogens (tertiary/aromatic N) is 3. The number of pyridine rings is 1. The van der Waals surface area contributed by atoms with Gasteiger partial charge in [0.1, 0.15) is 0 Å². The van der Waals surface area contributed by atoms with Crippen molar-refractivity contribution >= 4 is 48.8 Å². The molecule has 1 heterocycles. The number of rotatable bonds is 3. The quantitative estimate of drug-likeness (QED) is 0.144. The van der Waals surface area contributed by atoms with Crippen molar-refractivity contribution < 1.29 is 0 Å². The largest absolute Gasteiger partial charge is 0.256 e. The van der Waals surface area contributed by atoms with Gasteiger partial charge in [-0.15, -0.1) is 0 Å². The normalized spacial score (nSPS) is 11.6. The van der Waals surface area contributed by atoms with Crippen LogP contribution in [0.5, 0.6) is 0 Å². The Kier molecular flexibility index (Phi) is 6.00. The zero-order valence-electron chi connectivity index (χ0n) is 26.8. The lowest BCUT2D eigenvalue weighted by molar-refractivity contribution is 1.33. The molecule has 0 bridgehead atoms. The molecule has 0 unspecified atom stereocenters. The van der Waals surface area contributed by atoms with Crippen molar-refractivity contribution in [2.24, 2.45) is 0 Å². The van der Waals surface area contributed by atoms with Crippen LogP contribution in [0.25, 0.3) is 104 Å². The Morgan fingerprint density at radius 1 is 0.440 bits per heavy atom. The predicted octanol–water partition coefficient (Wildman–Crippen LogP) is 12.8. The molecular formula is C47H25N3. The Morgan fingerprint density at radius 3 is 1.82 bits per heavy atom. The summed E-state index contributed by atoms with van der Waals surface area (Å²) in [6.07, 6.45) is 1.85. The first-order valence-electron chi connectivity index (χ1n) is 16.6. The molecule has 3 heteroatoms. The highest BCUT2D eigenvalue weighted by Gasteiger charge is 2.26. The van der Waals surface area contributed by atoms with Crippen LogP contribution in [0.1, 0.15) is 5.56 Å². The van der Waals surface area contributed by atoms with E-state index in [0.717, 1.165) is 65.8 Å². The second-order valence-corrected chi connectivity index (χ2v) is 12.8. The topological polar surface area (TPSA) is 41.0 Å². The van der Waals surface area contributed by atoms with Gasteiger partial charge in [-0.2, -0.15) is 5.26 Å². The first-order chi connectivity index (χ1) is 24.7. The second-order valence-electron chi connectivity index (χ2n) is 12.8. The molecule has 1 aliphatic carbocycles. The van der Waals surface area contributed by atoms with Crippen LogP contribution in [-0.2, 0) is 0 Å². The highest BCUT2D eigenvalue weighted by Crippen LogP contribution is 2.53. The molecule has 50 heavy (non-hydrogen) atoms.